The van der Waals surface area contributed by atoms with Gasteiger partial charge in [0, 0.05) is 6.54 Å². The van der Waals surface area contributed by atoms with E-state index < -0.39 is 15.9 Å². The van der Waals surface area contributed by atoms with Gasteiger partial charge >= 0.3 is 0 Å². The van der Waals surface area contributed by atoms with Gasteiger partial charge in [-0.05, 0) is 12.1 Å². The standard InChI is InChI=1S/C11H13N5O3S/c12-6-7-16-8-10(13-15-16)11(17)14-20(18,19)9-4-2-1-3-5-9/h1-5,8H,6-7,12H2,(H,14,17). The van der Waals surface area contributed by atoms with Crippen LogP contribution in [-0.4, -0.2) is 35.9 Å². The van der Waals surface area contributed by atoms with Crippen LogP contribution in [0.5, 0.6) is 0 Å². The number of amides is 1. The fraction of sp³-hybridized carbons (Fsp3) is 0.182. The van der Waals surface area contributed by atoms with E-state index in [9.17, 15) is 13.2 Å². The number of carbonyl (C=O) groups is 1. The summed E-state index contributed by atoms with van der Waals surface area (Å²) in [5.41, 5.74) is 5.25. The van der Waals surface area contributed by atoms with Crippen LogP contribution in [0.4, 0.5) is 0 Å². The summed E-state index contributed by atoms with van der Waals surface area (Å²) in [6.07, 6.45) is 1.34. The van der Waals surface area contributed by atoms with Gasteiger partial charge in [0.2, 0.25) is 0 Å². The molecule has 0 spiro atoms. The number of aromatic nitrogens is 3. The molecule has 20 heavy (non-hydrogen) atoms. The molecule has 0 radical (unpaired) electrons. The highest BCUT2D eigenvalue weighted by atomic mass is 32.2. The van der Waals surface area contributed by atoms with E-state index in [4.69, 9.17) is 5.73 Å². The van der Waals surface area contributed by atoms with Crippen LogP contribution in [-0.2, 0) is 16.6 Å². The zero-order valence-electron chi connectivity index (χ0n) is 10.4. The van der Waals surface area contributed by atoms with Crippen molar-refractivity contribution in [1.29, 1.82) is 0 Å². The molecule has 0 aliphatic carbocycles. The lowest BCUT2D eigenvalue weighted by Crippen LogP contribution is -2.30. The van der Waals surface area contributed by atoms with E-state index in [2.05, 4.69) is 10.3 Å². The van der Waals surface area contributed by atoms with Gasteiger partial charge in [0.05, 0.1) is 17.6 Å². The first-order valence-electron chi connectivity index (χ1n) is 5.75. The quantitative estimate of drug-likeness (QED) is 0.756. The van der Waals surface area contributed by atoms with Crippen molar-refractivity contribution >= 4 is 15.9 Å². The Hall–Kier alpha value is -2.26. The summed E-state index contributed by atoms with van der Waals surface area (Å²) in [6.45, 7) is 0.735. The average molecular weight is 295 g/mol. The number of nitrogens with two attached hydrogens (primary N) is 1. The van der Waals surface area contributed by atoms with Crippen LogP contribution in [0.3, 0.4) is 0 Å². The van der Waals surface area contributed by atoms with Gasteiger partial charge in [-0.1, -0.05) is 23.4 Å². The summed E-state index contributed by atoms with van der Waals surface area (Å²) in [7, 11) is -3.91. The minimum atomic E-state index is -3.91. The van der Waals surface area contributed by atoms with E-state index in [0.29, 0.717) is 13.1 Å². The summed E-state index contributed by atoms with van der Waals surface area (Å²) in [5.74, 6) is -0.836. The maximum Gasteiger partial charge on any atom is 0.287 e. The Morgan fingerprint density at radius 1 is 1.30 bits per heavy atom. The highest BCUT2D eigenvalue weighted by molar-refractivity contribution is 7.90. The van der Waals surface area contributed by atoms with Crippen molar-refractivity contribution in [1.82, 2.24) is 19.7 Å². The average Bonchev–Trinajstić information content (AvgIpc) is 2.88. The molecule has 0 aliphatic heterocycles. The summed E-state index contributed by atoms with van der Waals surface area (Å²) in [5, 5.41) is 7.25. The van der Waals surface area contributed by atoms with Gasteiger partial charge in [-0.15, -0.1) is 5.10 Å². The molecule has 9 heteroatoms. The second-order valence-corrected chi connectivity index (χ2v) is 5.59. The van der Waals surface area contributed by atoms with E-state index >= 15 is 0 Å². The van der Waals surface area contributed by atoms with Crippen molar-refractivity contribution < 1.29 is 13.2 Å². The molecule has 0 atom stereocenters. The minimum Gasteiger partial charge on any atom is -0.329 e. The smallest absolute Gasteiger partial charge is 0.287 e. The molecule has 2 rings (SSSR count). The maximum absolute atomic E-state index is 11.9. The fourth-order valence-corrected chi connectivity index (χ4v) is 2.46. The van der Waals surface area contributed by atoms with Crippen LogP contribution in [0, 0.1) is 0 Å². The first-order valence-corrected chi connectivity index (χ1v) is 7.23. The highest BCUT2D eigenvalue weighted by Crippen LogP contribution is 2.07. The molecule has 1 aromatic heterocycles. The predicted molar refractivity (Wildman–Crippen MR) is 70.2 cm³/mol. The molecule has 8 nitrogen and oxygen atoms in total. The summed E-state index contributed by atoms with van der Waals surface area (Å²) < 4.78 is 27.2. The van der Waals surface area contributed by atoms with Crippen LogP contribution in [0.1, 0.15) is 10.5 Å². The first-order chi connectivity index (χ1) is 9.53. The zero-order chi connectivity index (χ0) is 14.6. The third kappa shape index (κ3) is 3.19. The lowest BCUT2D eigenvalue weighted by Gasteiger charge is -2.04. The lowest BCUT2D eigenvalue weighted by atomic mass is 10.4. The van der Waals surface area contributed by atoms with Gasteiger partial charge in [0.25, 0.3) is 15.9 Å². The van der Waals surface area contributed by atoms with Crippen molar-refractivity contribution in [3.8, 4) is 0 Å². The summed E-state index contributed by atoms with van der Waals surface area (Å²) in [4.78, 5) is 11.8. The van der Waals surface area contributed by atoms with E-state index in [0.717, 1.165) is 0 Å². The van der Waals surface area contributed by atoms with Crippen molar-refractivity contribution in [3.63, 3.8) is 0 Å². The lowest BCUT2D eigenvalue weighted by molar-refractivity contribution is 0.0976. The number of sulfonamides is 1. The van der Waals surface area contributed by atoms with Crippen LogP contribution in [0.15, 0.2) is 41.4 Å². The van der Waals surface area contributed by atoms with Crippen molar-refractivity contribution in [2.45, 2.75) is 11.4 Å². The van der Waals surface area contributed by atoms with E-state index in [1.807, 2.05) is 4.72 Å². The van der Waals surface area contributed by atoms with Gasteiger partial charge in [-0.3, -0.25) is 9.48 Å². The summed E-state index contributed by atoms with van der Waals surface area (Å²) >= 11 is 0. The van der Waals surface area contributed by atoms with Crippen LogP contribution < -0.4 is 10.5 Å². The molecule has 2 aromatic rings. The monoisotopic (exact) mass is 295 g/mol. The van der Waals surface area contributed by atoms with E-state index in [1.54, 1.807) is 18.2 Å². The number of hydrogen-bond donors (Lipinski definition) is 2. The molecule has 0 aliphatic rings. The van der Waals surface area contributed by atoms with E-state index in [-0.39, 0.29) is 10.6 Å². The Kier molecular flexibility index (Phi) is 4.11. The van der Waals surface area contributed by atoms with Gasteiger partial charge in [0.1, 0.15) is 0 Å². The number of nitrogens with one attached hydrogen (secondary N) is 1. The fourth-order valence-electron chi connectivity index (χ4n) is 1.48. The van der Waals surface area contributed by atoms with E-state index in [1.165, 1.54) is 23.0 Å². The molecule has 3 N–H and O–H groups in total. The predicted octanol–water partition coefficient (Wildman–Crippen LogP) is -0.644. The molecule has 1 heterocycles. The molecule has 0 bridgehead atoms. The topological polar surface area (TPSA) is 120 Å². The third-order valence-corrected chi connectivity index (χ3v) is 3.76. The number of hydrogen-bond acceptors (Lipinski definition) is 6. The summed E-state index contributed by atoms with van der Waals surface area (Å²) in [6, 6.07) is 7.59. The minimum absolute atomic E-state index is 0.00250. The highest BCUT2D eigenvalue weighted by Gasteiger charge is 2.20. The van der Waals surface area contributed by atoms with Crippen molar-refractivity contribution in [2.75, 3.05) is 6.54 Å². The molecular formula is C11H13N5O3S. The van der Waals surface area contributed by atoms with Gasteiger partial charge < -0.3 is 5.73 Å². The van der Waals surface area contributed by atoms with Crippen LogP contribution >= 0.6 is 0 Å². The Morgan fingerprint density at radius 2 is 2.00 bits per heavy atom. The maximum atomic E-state index is 11.9. The molecule has 0 fully saturated rings. The number of rotatable bonds is 5. The van der Waals surface area contributed by atoms with Gasteiger partial charge in [0.15, 0.2) is 5.69 Å². The Labute approximate surface area is 115 Å². The first kappa shape index (κ1) is 14.2. The number of carbonyl (C=O) groups excluding carboxylic acids is 1. The second-order valence-electron chi connectivity index (χ2n) is 3.90. The largest absolute Gasteiger partial charge is 0.329 e. The second kappa shape index (κ2) is 5.80. The molecule has 1 amide bonds. The number of nitrogens with zero attached hydrogens (tertiary/aromatic N) is 3. The third-order valence-electron chi connectivity index (χ3n) is 2.41. The zero-order valence-corrected chi connectivity index (χ0v) is 11.2. The molecule has 0 saturated carbocycles. The SMILES string of the molecule is NCCn1cc(C(=O)NS(=O)(=O)c2ccccc2)nn1. The van der Waals surface area contributed by atoms with Crippen molar-refractivity contribution in [2.24, 2.45) is 5.73 Å². The Morgan fingerprint density at radius 3 is 2.65 bits per heavy atom. The van der Waals surface area contributed by atoms with Crippen LogP contribution in [0.25, 0.3) is 0 Å². The Bertz CT molecular complexity index is 696. The van der Waals surface area contributed by atoms with Crippen molar-refractivity contribution in [3.05, 3.63) is 42.2 Å². The van der Waals surface area contributed by atoms with Crippen LogP contribution in [0.2, 0.25) is 0 Å². The van der Waals surface area contributed by atoms with Gasteiger partial charge in [-0.2, -0.15) is 0 Å². The number of benzene rings is 1. The molecule has 0 saturated heterocycles. The Balaban J connectivity index is 2.14. The normalized spacial score (nSPS) is 11.2. The molecule has 106 valence electrons. The molecule has 1 aromatic carbocycles. The van der Waals surface area contributed by atoms with Gasteiger partial charge in [-0.25, -0.2) is 13.1 Å². The molecular weight excluding hydrogens is 282 g/mol. The molecule has 0 unspecified atom stereocenters.